The van der Waals surface area contributed by atoms with Crippen molar-refractivity contribution in [1.82, 2.24) is 0 Å². The van der Waals surface area contributed by atoms with E-state index in [0.29, 0.717) is 26.2 Å². The lowest BCUT2D eigenvalue weighted by atomic mass is 10.1. The number of ether oxygens (including phenoxy) is 3. The van der Waals surface area contributed by atoms with Crippen LogP contribution < -0.4 is 4.74 Å². The zero-order chi connectivity index (χ0) is 23.8. The maximum Gasteiger partial charge on any atom is 0.193 e. The summed E-state index contributed by atoms with van der Waals surface area (Å²) in [5.41, 5.74) is 2.36. The van der Waals surface area contributed by atoms with Crippen molar-refractivity contribution >= 4 is 14.1 Å². The van der Waals surface area contributed by atoms with E-state index < -0.39 is 14.4 Å². The van der Waals surface area contributed by atoms with Crippen LogP contribution in [0.3, 0.4) is 0 Å². The molecule has 0 radical (unpaired) electrons. The van der Waals surface area contributed by atoms with Gasteiger partial charge >= 0.3 is 0 Å². The molecule has 178 valence electrons. The number of hydrogen-bond donors (Lipinski definition) is 0. The summed E-state index contributed by atoms with van der Waals surface area (Å²) >= 11 is 0. The summed E-state index contributed by atoms with van der Waals surface area (Å²) in [5, 5.41) is 0.0214. The zero-order valence-electron chi connectivity index (χ0n) is 20.8. The molecule has 1 aromatic rings. The second kappa shape index (κ2) is 11.9. The molecule has 5 nitrogen and oxygen atoms in total. The van der Waals surface area contributed by atoms with Crippen LogP contribution in [0.1, 0.15) is 46.1 Å². The molecule has 1 heterocycles. The number of ketones is 1. The van der Waals surface area contributed by atoms with Gasteiger partial charge in [-0.25, -0.2) is 0 Å². The van der Waals surface area contributed by atoms with Crippen molar-refractivity contribution in [3.63, 3.8) is 0 Å². The number of carbonyl (C=O) groups is 1. The average molecular weight is 461 g/mol. The van der Waals surface area contributed by atoms with Crippen molar-refractivity contribution in [2.75, 3.05) is 20.3 Å². The number of methoxy groups -OCH3 is 1. The topological polar surface area (TPSA) is 54.0 Å². The highest BCUT2D eigenvalue weighted by molar-refractivity contribution is 6.74. The summed E-state index contributed by atoms with van der Waals surface area (Å²) in [7, 11) is -0.459. The van der Waals surface area contributed by atoms with E-state index in [9.17, 15) is 4.79 Å². The van der Waals surface area contributed by atoms with Crippen LogP contribution in [0.5, 0.6) is 5.75 Å². The first-order valence-corrected chi connectivity index (χ1v) is 14.3. The maximum absolute atomic E-state index is 13.1. The van der Waals surface area contributed by atoms with Crippen molar-refractivity contribution in [2.45, 2.75) is 77.5 Å². The van der Waals surface area contributed by atoms with E-state index >= 15 is 0 Å². The molecule has 0 amide bonds. The molecule has 0 unspecified atom stereocenters. The van der Waals surface area contributed by atoms with Crippen LogP contribution in [0.4, 0.5) is 0 Å². The van der Waals surface area contributed by atoms with Crippen molar-refractivity contribution < 1.29 is 23.4 Å². The van der Waals surface area contributed by atoms with Crippen molar-refractivity contribution in [3.05, 3.63) is 53.6 Å². The number of hydrogen-bond acceptors (Lipinski definition) is 5. The van der Waals surface area contributed by atoms with Crippen molar-refractivity contribution in [2.24, 2.45) is 0 Å². The van der Waals surface area contributed by atoms with Gasteiger partial charge < -0.3 is 18.6 Å². The Bertz CT molecular complexity index is 789. The molecule has 1 aliphatic rings. The molecule has 2 atom stereocenters. The Labute approximate surface area is 194 Å². The molecular formula is C26H40O5Si. The van der Waals surface area contributed by atoms with Gasteiger partial charge in [0.2, 0.25) is 0 Å². The van der Waals surface area contributed by atoms with Crippen molar-refractivity contribution in [3.8, 4) is 5.75 Å². The summed E-state index contributed by atoms with van der Waals surface area (Å²) in [6.07, 6.45) is 6.38. The fourth-order valence-electron chi connectivity index (χ4n) is 3.10. The molecular weight excluding hydrogens is 420 g/mol. The fourth-order valence-corrected chi connectivity index (χ4v) is 4.40. The van der Waals surface area contributed by atoms with E-state index in [2.05, 4.69) is 46.9 Å². The standard InChI is InChI=1S/C26H40O5Si/c1-20-14-17-30-23(18-20)12-13-24(27)25(31-32(6,7)26(2,3)4)15-16-29-19-21-8-10-22(28-5)11-9-21/h8-14,23,25H,15-19H2,1-7H3/b13-12+/t23-,25+/m1/s1. The molecule has 6 heteroatoms. The predicted octanol–water partition coefficient (Wildman–Crippen LogP) is 5.85. The lowest BCUT2D eigenvalue weighted by Crippen LogP contribution is -2.46. The van der Waals surface area contributed by atoms with Gasteiger partial charge in [0, 0.05) is 13.0 Å². The van der Waals surface area contributed by atoms with Gasteiger partial charge in [-0.15, -0.1) is 0 Å². The van der Waals surface area contributed by atoms with E-state index in [-0.39, 0.29) is 16.9 Å². The molecule has 32 heavy (non-hydrogen) atoms. The first-order valence-electron chi connectivity index (χ1n) is 11.4. The van der Waals surface area contributed by atoms with Crippen LogP contribution in [0.2, 0.25) is 18.1 Å². The highest BCUT2D eigenvalue weighted by atomic mass is 28.4. The molecule has 0 N–H and O–H groups in total. The Morgan fingerprint density at radius 1 is 1.25 bits per heavy atom. The minimum Gasteiger partial charge on any atom is -0.497 e. The van der Waals surface area contributed by atoms with Crippen LogP contribution in [-0.4, -0.2) is 46.6 Å². The summed E-state index contributed by atoms with van der Waals surface area (Å²) < 4.78 is 23.3. The van der Waals surface area contributed by atoms with E-state index in [1.165, 1.54) is 5.57 Å². The van der Waals surface area contributed by atoms with E-state index in [1.54, 1.807) is 13.2 Å². The average Bonchev–Trinajstić information content (AvgIpc) is 2.73. The highest BCUT2D eigenvalue weighted by Gasteiger charge is 2.40. The SMILES string of the molecule is COc1ccc(COCC[C@H](O[Si](C)(C)C(C)(C)C)C(=O)/C=C/[C@@H]2CC(C)=CCO2)cc1. The normalized spacial score (nSPS) is 18.5. The Kier molecular flexibility index (Phi) is 9.89. The van der Waals surface area contributed by atoms with E-state index in [0.717, 1.165) is 17.7 Å². The number of carbonyl (C=O) groups excluding carboxylic acids is 1. The Hall–Kier alpha value is -1.73. The van der Waals surface area contributed by atoms with Crippen LogP contribution in [0, 0.1) is 0 Å². The van der Waals surface area contributed by atoms with Gasteiger partial charge in [-0.3, -0.25) is 4.79 Å². The lowest BCUT2D eigenvalue weighted by molar-refractivity contribution is -0.122. The van der Waals surface area contributed by atoms with Gasteiger partial charge in [0.15, 0.2) is 14.1 Å². The van der Waals surface area contributed by atoms with Crippen LogP contribution in [0.15, 0.2) is 48.1 Å². The zero-order valence-corrected chi connectivity index (χ0v) is 21.8. The monoisotopic (exact) mass is 460 g/mol. The third-order valence-electron chi connectivity index (χ3n) is 6.25. The molecule has 0 aromatic heterocycles. The second-order valence-electron chi connectivity index (χ2n) is 9.94. The fraction of sp³-hybridized carbons (Fsp3) is 0.577. The highest BCUT2D eigenvalue weighted by Crippen LogP contribution is 2.37. The quantitative estimate of drug-likeness (QED) is 0.179. The summed E-state index contributed by atoms with van der Waals surface area (Å²) in [6, 6.07) is 7.80. The van der Waals surface area contributed by atoms with Crippen molar-refractivity contribution in [1.29, 1.82) is 0 Å². The lowest BCUT2D eigenvalue weighted by Gasteiger charge is -2.38. The smallest absolute Gasteiger partial charge is 0.193 e. The molecule has 0 saturated heterocycles. The predicted molar refractivity (Wildman–Crippen MR) is 132 cm³/mol. The molecule has 0 fully saturated rings. The molecule has 0 bridgehead atoms. The van der Waals surface area contributed by atoms with Gasteiger partial charge in [0.25, 0.3) is 0 Å². The Morgan fingerprint density at radius 2 is 1.94 bits per heavy atom. The Balaban J connectivity index is 1.97. The number of benzene rings is 1. The minimum absolute atomic E-state index is 0.0151. The number of rotatable bonds is 11. The summed E-state index contributed by atoms with van der Waals surface area (Å²) in [4.78, 5) is 13.1. The molecule has 0 spiro atoms. The maximum atomic E-state index is 13.1. The van der Waals surface area contributed by atoms with Crippen LogP contribution >= 0.6 is 0 Å². The van der Waals surface area contributed by atoms with Crippen LogP contribution in [0.25, 0.3) is 0 Å². The van der Waals surface area contributed by atoms with Gasteiger partial charge in [0.05, 0.1) is 26.4 Å². The van der Waals surface area contributed by atoms with Gasteiger partial charge in [0.1, 0.15) is 11.9 Å². The van der Waals surface area contributed by atoms with Gasteiger partial charge in [-0.2, -0.15) is 0 Å². The molecule has 1 aliphatic heterocycles. The minimum atomic E-state index is -2.11. The first kappa shape index (κ1) is 26.5. The summed E-state index contributed by atoms with van der Waals surface area (Å²) in [5.74, 6) is 0.806. The second-order valence-corrected chi connectivity index (χ2v) is 14.7. The van der Waals surface area contributed by atoms with Gasteiger partial charge in [-0.05, 0) is 55.2 Å². The van der Waals surface area contributed by atoms with Crippen LogP contribution in [-0.2, 0) is 25.3 Å². The molecule has 1 aromatic carbocycles. The molecule has 0 saturated carbocycles. The van der Waals surface area contributed by atoms with E-state index in [1.807, 2.05) is 30.3 Å². The molecule has 2 rings (SSSR count). The largest absolute Gasteiger partial charge is 0.497 e. The first-order chi connectivity index (χ1) is 15.0. The third kappa shape index (κ3) is 8.32. The third-order valence-corrected chi connectivity index (χ3v) is 10.7. The van der Waals surface area contributed by atoms with E-state index in [4.69, 9.17) is 18.6 Å². The molecule has 0 aliphatic carbocycles. The van der Waals surface area contributed by atoms with Gasteiger partial charge in [-0.1, -0.05) is 50.6 Å². The summed E-state index contributed by atoms with van der Waals surface area (Å²) in [6.45, 7) is 14.5. The Morgan fingerprint density at radius 3 is 2.53 bits per heavy atom.